The van der Waals surface area contributed by atoms with Crippen LogP contribution in [0.1, 0.15) is 0 Å². The maximum Gasteiger partial charge on any atom is 0.238 e. The number of fused-ring (bicyclic) bond motifs is 1. The molecule has 0 aliphatic carbocycles. The summed E-state index contributed by atoms with van der Waals surface area (Å²) in [4.78, 5) is 22.6. The third-order valence-corrected chi connectivity index (χ3v) is 4.42. The van der Waals surface area contributed by atoms with Crippen LogP contribution in [-0.2, 0) is 4.79 Å². The van der Waals surface area contributed by atoms with Gasteiger partial charge in [0.15, 0.2) is 0 Å². The van der Waals surface area contributed by atoms with E-state index >= 15 is 0 Å². The molecule has 0 spiro atoms. The maximum atomic E-state index is 12.4. The van der Waals surface area contributed by atoms with Gasteiger partial charge in [-0.2, -0.15) is 0 Å². The van der Waals surface area contributed by atoms with E-state index in [4.69, 9.17) is 0 Å². The molecular formula is C19H21N5O. The second-order valence-corrected chi connectivity index (χ2v) is 6.22. The molecule has 1 aliphatic heterocycles. The number of aromatic amines is 1. The van der Waals surface area contributed by atoms with Crippen molar-refractivity contribution in [3.63, 3.8) is 0 Å². The Kier molecular flexibility index (Phi) is 4.45. The highest BCUT2D eigenvalue weighted by molar-refractivity contribution is 5.96. The van der Waals surface area contributed by atoms with Crippen LogP contribution in [0.25, 0.3) is 22.4 Å². The van der Waals surface area contributed by atoms with Gasteiger partial charge in [-0.15, -0.1) is 0 Å². The van der Waals surface area contributed by atoms with Gasteiger partial charge in [0, 0.05) is 31.7 Å². The molecule has 1 saturated heterocycles. The lowest BCUT2D eigenvalue weighted by atomic mass is 10.1. The van der Waals surface area contributed by atoms with Crippen LogP contribution in [0.4, 0.5) is 5.69 Å². The number of benzene rings is 2. The van der Waals surface area contributed by atoms with Crippen molar-refractivity contribution in [2.75, 3.05) is 38.0 Å². The van der Waals surface area contributed by atoms with E-state index in [2.05, 4.69) is 25.5 Å². The Morgan fingerprint density at radius 2 is 1.84 bits per heavy atom. The van der Waals surface area contributed by atoms with Gasteiger partial charge < -0.3 is 15.6 Å². The second-order valence-electron chi connectivity index (χ2n) is 6.22. The van der Waals surface area contributed by atoms with Crippen LogP contribution >= 0.6 is 0 Å². The van der Waals surface area contributed by atoms with Gasteiger partial charge >= 0.3 is 0 Å². The van der Waals surface area contributed by atoms with E-state index in [0.29, 0.717) is 6.54 Å². The molecular weight excluding hydrogens is 314 g/mol. The van der Waals surface area contributed by atoms with E-state index in [9.17, 15) is 4.79 Å². The number of H-pyrrole nitrogens is 1. The lowest BCUT2D eigenvalue weighted by Crippen LogP contribution is -2.46. The van der Waals surface area contributed by atoms with Crippen LogP contribution in [0.5, 0.6) is 0 Å². The molecule has 0 saturated carbocycles. The second kappa shape index (κ2) is 7.04. The molecule has 2 heterocycles. The predicted molar refractivity (Wildman–Crippen MR) is 99.5 cm³/mol. The normalized spacial score (nSPS) is 15.4. The molecule has 0 unspecified atom stereocenters. The highest BCUT2D eigenvalue weighted by Crippen LogP contribution is 2.27. The molecule has 6 nitrogen and oxygen atoms in total. The SMILES string of the molecule is O=C(CN1CCNCC1)Nc1ccccc1-c1nc2ccccc2[nH]1. The largest absolute Gasteiger partial charge is 0.338 e. The average molecular weight is 335 g/mol. The Labute approximate surface area is 146 Å². The molecule has 1 aliphatic rings. The predicted octanol–water partition coefficient (Wildman–Crippen LogP) is 2.07. The fourth-order valence-electron chi connectivity index (χ4n) is 3.14. The summed E-state index contributed by atoms with van der Waals surface area (Å²) < 4.78 is 0. The molecule has 1 amide bonds. The Balaban J connectivity index is 1.55. The van der Waals surface area contributed by atoms with Gasteiger partial charge in [0.05, 0.1) is 23.3 Å². The quantitative estimate of drug-likeness (QED) is 0.682. The number of piperazine rings is 1. The van der Waals surface area contributed by atoms with Crippen LogP contribution in [0, 0.1) is 0 Å². The molecule has 25 heavy (non-hydrogen) atoms. The maximum absolute atomic E-state index is 12.4. The molecule has 0 bridgehead atoms. The van der Waals surface area contributed by atoms with Gasteiger partial charge in [0.25, 0.3) is 0 Å². The van der Waals surface area contributed by atoms with Crippen molar-refractivity contribution >= 4 is 22.6 Å². The molecule has 2 aromatic carbocycles. The van der Waals surface area contributed by atoms with Crippen molar-refractivity contribution in [2.24, 2.45) is 0 Å². The summed E-state index contributed by atoms with van der Waals surface area (Å²) in [5, 5.41) is 6.33. The average Bonchev–Trinajstić information content (AvgIpc) is 3.07. The summed E-state index contributed by atoms with van der Waals surface area (Å²) in [6.07, 6.45) is 0. The molecule has 1 fully saturated rings. The number of rotatable bonds is 4. The lowest BCUT2D eigenvalue weighted by molar-refractivity contribution is -0.117. The highest BCUT2D eigenvalue weighted by Gasteiger charge is 2.16. The number of nitrogens with one attached hydrogen (secondary N) is 3. The zero-order valence-corrected chi connectivity index (χ0v) is 14.0. The van der Waals surface area contributed by atoms with Crippen LogP contribution < -0.4 is 10.6 Å². The smallest absolute Gasteiger partial charge is 0.238 e. The number of hydrogen-bond acceptors (Lipinski definition) is 4. The minimum atomic E-state index is 0.00506. The summed E-state index contributed by atoms with van der Waals surface area (Å²) in [5.74, 6) is 0.768. The van der Waals surface area contributed by atoms with E-state index in [1.54, 1.807) is 0 Å². The molecule has 3 N–H and O–H groups in total. The number of anilines is 1. The lowest BCUT2D eigenvalue weighted by Gasteiger charge is -2.26. The topological polar surface area (TPSA) is 73.1 Å². The van der Waals surface area contributed by atoms with Crippen LogP contribution in [0.15, 0.2) is 48.5 Å². The summed E-state index contributed by atoms with van der Waals surface area (Å²) in [6.45, 7) is 4.08. The number of aromatic nitrogens is 2. The number of nitrogens with zero attached hydrogens (tertiary/aromatic N) is 2. The van der Waals surface area contributed by atoms with Crippen molar-refractivity contribution in [3.8, 4) is 11.4 Å². The summed E-state index contributed by atoms with van der Waals surface area (Å²) in [5.41, 5.74) is 3.58. The molecule has 128 valence electrons. The first-order valence-electron chi connectivity index (χ1n) is 8.57. The Bertz CT molecular complexity index is 849. The molecule has 6 heteroatoms. The zero-order valence-electron chi connectivity index (χ0n) is 14.0. The van der Waals surface area contributed by atoms with E-state index in [1.807, 2.05) is 48.5 Å². The van der Waals surface area contributed by atoms with Gasteiger partial charge in [-0.1, -0.05) is 24.3 Å². The third-order valence-electron chi connectivity index (χ3n) is 4.42. The molecule has 0 radical (unpaired) electrons. The number of carbonyl (C=O) groups excluding carboxylic acids is 1. The monoisotopic (exact) mass is 335 g/mol. The van der Waals surface area contributed by atoms with Gasteiger partial charge in [-0.25, -0.2) is 4.98 Å². The summed E-state index contributed by atoms with van der Waals surface area (Å²) >= 11 is 0. The minimum Gasteiger partial charge on any atom is -0.338 e. The summed E-state index contributed by atoms with van der Waals surface area (Å²) in [7, 11) is 0. The van der Waals surface area contributed by atoms with E-state index in [-0.39, 0.29) is 5.91 Å². The van der Waals surface area contributed by atoms with Crippen molar-refractivity contribution in [1.82, 2.24) is 20.2 Å². The van der Waals surface area contributed by atoms with E-state index in [1.165, 1.54) is 0 Å². The molecule has 3 aromatic rings. The first-order valence-corrected chi connectivity index (χ1v) is 8.57. The van der Waals surface area contributed by atoms with Crippen LogP contribution in [0.3, 0.4) is 0 Å². The van der Waals surface area contributed by atoms with E-state index in [0.717, 1.165) is 54.3 Å². The molecule has 0 atom stereocenters. The first kappa shape index (κ1) is 15.8. The minimum absolute atomic E-state index is 0.00506. The number of imidazole rings is 1. The molecule has 1 aromatic heterocycles. The van der Waals surface area contributed by atoms with Gasteiger partial charge in [-0.3, -0.25) is 9.69 Å². The Hall–Kier alpha value is -2.70. The standard InChI is InChI=1S/C19H21N5O/c25-18(13-24-11-9-20-10-12-24)21-15-6-2-1-5-14(15)19-22-16-7-3-4-8-17(16)23-19/h1-8,20H,9-13H2,(H,21,25)(H,22,23). The molecule has 4 rings (SSSR count). The van der Waals surface area contributed by atoms with Crippen molar-refractivity contribution < 1.29 is 4.79 Å². The van der Waals surface area contributed by atoms with E-state index < -0.39 is 0 Å². The van der Waals surface area contributed by atoms with Gasteiger partial charge in [0.1, 0.15) is 5.82 Å². The first-order chi connectivity index (χ1) is 12.3. The third kappa shape index (κ3) is 3.55. The fourth-order valence-corrected chi connectivity index (χ4v) is 3.14. The number of para-hydroxylation sites is 3. The van der Waals surface area contributed by atoms with Crippen LogP contribution in [-0.4, -0.2) is 53.5 Å². The van der Waals surface area contributed by atoms with Crippen molar-refractivity contribution in [3.05, 3.63) is 48.5 Å². The van der Waals surface area contributed by atoms with Gasteiger partial charge in [-0.05, 0) is 24.3 Å². The Morgan fingerprint density at radius 3 is 2.68 bits per heavy atom. The van der Waals surface area contributed by atoms with Gasteiger partial charge in [0.2, 0.25) is 5.91 Å². The highest BCUT2D eigenvalue weighted by atomic mass is 16.2. The number of carbonyl (C=O) groups is 1. The van der Waals surface area contributed by atoms with Crippen molar-refractivity contribution in [2.45, 2.75) is 0 Å². The number of hydrogen-bond donors (Lipinski definition) is 3. The zero-order chi connectivity index (χ0) is 17.1. The number of amides is 1. The fraction of sp³-hybridized carbons (Fsp3) is 0.263. The Morgan fingerprint density at radius 1 is 1.08 bits per heavy atom. The van der Waals surface area contributed by atoms with Crippen molar-refractivity contribution in [1.29, 1.82) is 0 Å². The van der Waals surface area contributed by atoms with Crippen LogP contribution in [0.2, 0.25) is 0 Å². The summed E-state index contributed by atoms with van der Waals surface area (Å²) in [6, 6.07) is 15.7.